The van der Waals surface area contributed by atoms with Crippen molar-refractivity contribution in [1.29, 1.82) is 0 Å². The Morgan fingerprint density at radius 3 is 2.74 bits per heavy atom. The predicted molar refractivity (Wildman–Crippen MR) is 140 cm³/mol. The van der Waals surface area contributed by atoms with Crippen LogP contribution < -0.4 is 10.3 Å². The minimum atomic E-state index is -0.305. The molecule has 188 valence electrons. The van der Waals surface area contributed by atoms with Crippen molar-refractivity contribution in [1.82, 2.24) is 9.55 Å². The van der Waals surface area contributed by atoms with Crippen LogP contribution in [0.15, 0.2) is 34.2 Å². The zero-order valence-corrected chi connectivity index (χ0v) is 22.3. The Labute approximate surface area is 213 Å². The van der Waals surface area contributed by atoms with Crippen molar-refractivity contribution in [3.63, 3.8) is 0 Å². The largest absolute Gasteiger partial charge is 0.497 e. The molecule has 1 aromatic carbocycles. The van der Waals surface area contributed by atoms with Gasteiger partial charge in [-0.15, -0.1) is 11.3 Å². The number of nitrogens with zero attached hydrogens (tertiary/aromatic N) is 2. The van der Waals surface area contributed by atoms with Gasteiger partial charge in [0.25, 0.3) is 5.56 Å². The van der Waals surface area contributed by atoms with Crippen molar-refractivity contribution in [3.8, 4) is 11.4 Å². The summed E-state index contributed by atoms with van der Waals surface area (Å²) in [6, 6.07) is 7.29. The van der Waals surface area contributed by atoms with Crippen LogP contribution in [0.5, 0.6) is 5.75 Å². The summed E-state index contributed by atoms with van der Waals surface area (Å²) in [5, 5.41) is 1.12. The molecule has 0 amide bonds. The molecule has 0 aliphatic carbocycles. The fourth-order valence-corrected chi connectivity index (χ4v) is 6.07. The summed E-state index contributed by atoms with van der Waals surface area (Å²) in [4.78, 5) is 32.9. The number of carbonyl (C=O) groups is 1. The van der Waals surface area contributed by atoms with Crippen LogP contribution in [0.25, 0.3) is 15.9 Å². The number of ether oxygens (including phenoxy) is 3. The summed E-state index contributed by atoms with van der Waals surface area (Å²) in [6.45, 7) is 7.28. The Bertz CT molecular complexity index is 1230. The quantitative estimate of drug-likeness (QED) is 0.155. The molecular formula is C26H32N2O5S2. The highest BCUT2D eigenvalue weighted by molar-refractivity contribution is 7.99. The van der Waals surface area contributed by atoms with Crippen molar-refractivity contribution in [3.05, 3.63) is 45.1 Å². The van der Waals surface area contributed by atoms with Gasteiger partial charge in [-0.3, -0.25) is 14.2 Å². The minimum absolute atomic E-state index is 0.0747. The molecule has 2 aromatic heterocycles. The number of methoxy groups -OCH3 is 1. The second-order valence-electron chi connectivity index (χ2n) is 8.93. The van der Waals surface area contributed by atoms with E-state index in [0.29, 0.717) is 52.4 Å². The number of fused-ring (bicyclic) bond motifs is 3. The lowest BCUT2D eigenvalue weighted by atomic mass is 9.96. The Morgan fingerprint density at radius 2 is 2.06 bits per heavy atom. The maximum absolute atomic E-state index is 13.9. The smallest absolute Gasteiger partial charge is 0.316 e. The number of rotatable bonds is 10. The SMILES string of the molecule is CCCCCOC(=O)CSc1nc2sc3c(c2c(=O)n1-c1ccc(OC)cc1)C[C@H](C(C)C)OC3. The van der Waals surface area contributed by atoms with Gasteiger partial charge in [-0.1, -0.05) is 45.4 Å². The van der Waals surface area contributed by atoms with Crippen LogP contribution in [-0.2, 0) is 27.3 Å². The van der Waals surface area contributed by atoms with Gasteiger partial charge in [0.15, 0.2) is 5.16 Å². The summed E-state index contributed by atoms with van der Waals surface area (Å²) in [5.74, 6) is 0.836. The van der Waals surface area contributed by atoms with Crippen molar-refractivity contribution in [2.75, 3.05) is 19.5 Å². The van der Waals surface area contributed by atoms with Crippen LogP contribution in [0, 0.1) is 5.92 Å². The third-order valence-corrected chi connectivity index (χ3v) is 8.13. The van der Waals surface area contributed by atoms with E-state index in [1.54, 1.807) is 11.7 Å². The fraction of sp³-hybridized carbons (Fsp3) is 0.500. The molecule has 9 heteroatoms. The first-order valence-electron chi connectivity index (χ1n) is 12.0. The Balaban J connectivity index is 1.72. The number of aromatic nitrogens is 2. The lowest BCUT2D eigenvalue weighted by molar-refractivity contribution is -0.140. The first-order chi connectivity index (χ1) is 16.9. The molecule has 4 rings (SSSR count). The third kappa shape index (κ3) is 5.73. The zero-order valence-electron chi connectivity index (χ0n) is 20.7. The number of thioether (sulfide) groups is 1. The lowest BCUT2D eigenvalue weighted by Crippen LogP contribution is -2.28. The van der Waals surface area contributed by atoms with Crippen LogP contribution in [0.1, 0.15) is 50.5 Å². The maximum Gasteiger partial charge on any atom is 0.316 e. The average Bonchev–Trinajstić information content (AvgIpc) is 3.23. The van der Waals surface area contributed by atoms with Crippen molar-refractivity contribution in [2.45, 2.75) is 64.3 Å². The van der Waals surface area contributed by atoms with E-state index in [0.717, 1.165) is 29.7 Å². The van der Waals surface area contributed by atoms with Gasteiger partial charge in [0, 0.05) is 11.3 Å². The normalized spacial score (nSPS) is 15.4. The molecule has 35 heavy (non-hydrogen) atoms. The number of carbonyl (C=O) groups excluding carboxylic acids is 1. The van der Waals surface area contributed by atoms with Gasteiger partial charge in [0.1, 0.15) is 10.6 Å². The number of esters is 1. The molecule has 0 spiro atoms. The molecule has 0 saturated heterocycles. The number of unbranched alkanes of at least 4 members (excludes halogenated alkanes) is 2. The van der Waals surface area contributed by atoms with Crippen LogP contribution >= 0.6 is 23.1 Å². The van der Waals surface area contributed by atoms with Crippen LogP contribution in [0.2, 0.25) is 0 Å². The molecular weight excluding hydrogens is 484 g/mol. The van der Waals surface area contributed by atoms with Crippen molar-refractivity contribution in [2.24, 2.45) is 5.92 Å². The van der Waals surface area contributed by atoms with Crippen molar-refractivity contribution >= 4 is 39.3 Å². The minimum Gasteiger partial charge on any atom is -0.497 e. The van der Waals surface area contributed by atoms with E-state index >= 15 is 0 Å². The molecule has 1 aliphatic heterocycles. The zero-order chi connectivity index (χ0) is 24.9. The van der Waals surface area contributed by atoms with E-state index in [9.17, 15) is 9.59 Å². The molecule has 0 bridgehead atoms. The molecule has 0 fully saturated rings. The van der Waals surface area contributed by atoms with Gasteiger partial charge < -0.3 is 14.2 Å². The number of hydrogen-bond donors (Lipinski definition) is 0. The average molecular weight is 517 g/mol. The second kappa shape index (κ2) is 11.6. The summed E-state index contributed by atoms with van der Waals surface area (Å²) >= 11 is 2.73. The van der Waals surface area contributed by atoms with E-state index in [1.807, 2.05) is 24.3 Å². The number of thiophene rings is 1. The number of hydrogen-bond acceptors (Lipinski definition) is 8. The van der Waals surface area contributed by atoms with Crippen LogP contribution in [0.4, 0.5) is 0 Å². The molecule has 0 unspecified atom stereocenters. The molecule has 3 aromatic rings. The molecule has 7 nitrogen and oxygen atoms in total. The van der Waals surface area contributed by atoms with E-state index < -0.39 is 0 Å². The van der Waals surface area contributed by atoms with Crippen LogP contribution in [-0.4, -0.2) is 41.1 Å². The molecule has 1 aliphatic rings. The van der Waals surface area contributed by atoms with E-state index in [-0.39, 0.29) is 23.4 Å². The van der Waals surface area contributed by atoms with E-state index in [2.05, 4.69) is 20.8 Å². The van der Waals surface area contributed by atoms with Gasteiger partial charge in [-0.25, -0.2) is 4.98 Å². The van der Waals surface area contributed by atoms with Crippen LogP contribution in [0.3, 0.4) is 0 Å². The second-order valence-corrected chi connectivity index (χ2v) is 11.0. The Morgan fingerprint density at radius 1 is 1.29 bits per heavy atom. The standard InChI is InChI=1S/C26H32N2O5S2/c1-5-6-7-12-32-22(29)15-34-26-27-24-23(19-13-20(16(2)3)33-14-21(19)35-24)25(30)28(26)17-8-10-18(31-4)11-9-17/h8-11,16,20H,5-7,12-15H2,1-4H3/t20-/m1/s1. The molecule has 3 heterocycles. The first kappa shape index (κ1) is 25.7. The van der Waals surface area contributed by atoms with Crippen molar-refractivity contribution < 1.29 is 19.0 Å². The maximum atomic E-state index is 13.9. The molecule has 0 saturated carbocycles. The van der Waals surface area contributed by atoms with E-state index in [1.165, 1.54) is 23.1 Å². The molecule has 0 radical (unpaired) electrons. The fourth-order valence-electron chi connectivity index (χ4n) is 4.10. The highest BCUT2D eigenvalue weighted by Gasteiger charge is 2.29. The summed E-state index contributed by atoms with van der Waals surface area (Å²) in [6.07, 6.45) is 3.72. The Kier molecular flexibility index (Phi) is 8.51. The number of benzene rings is 1. The highest BCUT2D eigenvalue weighted by atomic mass is 32.2. The third-order valence-electron chi connectivity index (χ3n) is 6.12. The highest BCUT2D eigenvalue weighted by Crippen LogP contribution is 2.36. The van der Waals surface area contributed by atoms with Gasteiger partial charge in [0.05, 0.1) is 43.3 Å². The Hall–Kier alpha value is -2.36. The van der Waals surface area contributed by atoms with Gasteiger partial charge in [-0.2, -0.15) is 0 Å². The summed E-state index contributed by atoms with van der Waals surface area (Å²) in [7, 11) is 1.60. The molecule has 0 N–H and O–H groups in total. The van der Waals surface area contributed by atoms with Gasteiger partial charge >= 0.3 is 5.97 Å². The topological polar surface area (TPSA) is 79.7 Å². The lowest BCUT2D eigenvalue weighted by Gasteiger charge is -2.26. The van der Waals surface area contributed by atoms with Gasteiger partial charge in [-0.05, 0) is 42.2 Å². The monoisotopic (exact) mass is 516 g/mol. The predicted octanol–water partition coefficient (Wildman–Crippen LogP) is 5.38. The molecule has 1 atom stereocenters. The van der Waals surface area contributed by atoms with Gasteiger partial charge in [0.2, 0.25) is 0 Å². The first-order valence-corrected chi connectivity index (χ1v) is 13.8. The van der Waals surface area contributed by atoms with E-state index in [4.69, 9.17) is 19.2 Å². The summed E-state index contributed by atoms with van der Waals surface area (Å²) in [5.41, 5.74) is 1.60. The summed E-state index contributed by atoms with van der Waals surface area (Å²) < 4.78 is 18.3.